The first-order valence-electron chi connectivity index (χ1n) is 26.6. The zero-order valence-electron chi connectivity index (χ0n) is 42.5. The van der Waals surface area contributed by atoms with Crippen LogP contribution in [-0.2, 0) is 11.8 Å². The second-order valence-electron chi connectivity index (χ2n) is 20.4. The van der Waals surface area contributed by atoms with E-state index in [1.165, 1.54) is 27.8 Å². The molecule has 0 bridgehead atoms. The molecule has 1 heterocycles. The summed E-state index contributed by atoms with van der Waals surface area (Å²) in [6.07, 6.45) is 6.46. The summed E-state index contributed by atoms with van der Waals surface area (Å²) in [7, 11) is 0. The third-order valence-corrected chi connectivity index (χ3v) is 16.2. The number of nitrogens with zero attached hydrogens (tertiary/aromatic N) is 5. The minimum atomic E-state index is -0.746. The van der Waals surface area contributed by atoms with Gasteiger partial charge in [-0.05, 0) is 113 Å². The molecule has 1 spiro atoms. The Bertz CT molecular complexity index is 4590. The first-order valence-corrected chi connectivity index (χ1v) is 26.6. The number of allylic oxidation sites excluding steroid dienone is 1. The SMILES string of the molecule is C=C(/N=C(\N=C(/N)c1cccc2ccccc12)c1ccc2c(c1)C1(c3ccccc3-2)c2ccccc2-c2ccc(-c3nc(-c4cccc5c4C=CCC5)nc(-c4cccc5ccccc45)n3)cc21)c1cccc2ccccc12. The molecule has 78 heavy (non-hydrogen) atoms. The Balaban J connectivity index is 0.956. The first kappa shape index (κ1) is 45.2. The molecule has 15 rings (SSSR count). The van der Waals surface area contributed by atoms with E-state index in [0.717, 1.165) is 106 Å². The fourth-order valence-electron chi connectivity index (χ4n) is 12.7. The highest BCUT2D eigenvalue weighted by Crippen LogP contribution is 2.63. The third-order valence-electron chi connectivity index (χ3n) is 16.2. The standard InChI is InChI=1S/C72H48N6/c1-44(51-32-14-22-45-18-2-6-26-52(45)51)74-68(75-67(73)60-33-15-23-46-19-3-7-27-53(46)60)49-38-40-58-56-30-10-12-36-63(56)72(65(58)42-49)64-37-13-11-31-57(64)59-41-39-50(43-66(59)72)69-76-70(61-34-16-24-47-20-4-8-28-54(47)61)78-71(77-69)62-35-17-25-48-21-5-9-29-55(48)62/h2-4,6-20,22-43H,1,5,21H2,(H2,73,74,75). The van der Waals surface area contributed by atoms with Gasteiger partial charge in [0.2, 0.25) is 0 Å². The second kappa shape index (κ2) is 18.0. The summed E-state index contributed by atoms with van der Waals surface area (Å²) in [6, 6.07) is 81.5. The van der Waals surface area contributed by atoms with E-state index in [0.29, 0.717) is 34.8 Å². The van der Waals surface area contributed by atoms with Crippen LogP contribution in [0.5, 0.6) is 0 Å². The van der Waals surface area contributed by atoms with Crippen molar-refractivity contribution in [2.24, 2.45) is 15.7 Å². The molecule has 1 unspecified atom stereocenters. The minimum Gasteiger partial charge on any atom is -0.383 e. The van der Waals surface area contributed by atoms with Crippen LogP contribution in [0.15, 0.2) is 253 Å². The number of fused-ring (bicyclic) bond motifs is 14. The normalized spacial score (nSPS) is 15.1. The van der Waals surface area contributed by atoms with E-state index in [1.807, 2.05) is 24.3 Å². The van der Waals surface area contributed by atoms with E-state index >= 15 is 0 Å². The van der Waals surface area contributed by atoms with Gasteiger partial charge in [-0.2, -0.15) is 0 Å². The van der Waals surface area contributed by atoms with Gasteiger partial charge in [-0.3, -0.25) is 0 Å². The zero-order valence-corrected chi connectivity index (χ0v) is 42.5. The minimum absolute atomic E-state index is 0.364. The van der Waals surface area contributed by atoms with Gasteiger partial charge in [-0.1, -0.05) is 237 Å². The molecule has 0 aliphatic heterocycles. The molecule has 1 atom stereocenters. The zero-order chi connectivity index (χ0) is 51.9. The number of aromatic nitrogens is 3. The smallest absolute Gasteiger partial charge is 0.164 e. The van der Waals surface area contributed by atoms with E-state index in [-0.39, 0.29) is 0 Å². The predicted molar refractivity (Wildman–Crippen MR) is 321 cm³/mol. The molecule has 1 aromatic heterocycles. The Morgan fingerprint density at radius 3 is 1.68 bits per heavy atom. The molecule has 366 valence electrons. The largest absolute Gasteiger partial charge is 0.383 e. The predicted octanol–water partition coefficient (Wildman–Crippen LogP) is 16.5. The van der Waals surface area contributed by atoms with Crippen LogP contribution >= 0.6 is 0 Å². The fraction of sp³-hybridized carbons (Fsp3) is 0.0417. The van der Waals surface area contributed by atoms with Gasteiger partial charge in [-0.15, -0.1) is 0 Å². The average Bonchev–Trinajstić information content (AvgIpc) is 4.18. The maximum absolute atomic E-state index is 7.18. The van der Waals surface area contributed by atoms with Crippen LogP contribution in [0, 0.1) is 0 Å². The molecule has 3 aliphatic rings. The summed E-state index contributed by atoms with van der Waals surface area (Å²) in [6.45, 7) is 4.61. The second-order valence-corrected chi connectivity index (χ2v) is 20.4. The highest BCUT2D eigenvalue weighted by Gasteiger charge is 2.52. The van der Waals surface area contributed by atoms with E-state index < -0.39 is 5.41 Å². The summed E-state index contributed by atoms with van der Waals surface area (Å²) in [5.41, 5.74) is 24.2. The first-order chi connectivity index (χ1) is 38.5. The quantitative estimate of drug-likeness (QED) is 0.127. The summed E-state index contributed by atoms with van der Waals surface area (Å²) < 4.78 is 0. The summed E-state index contributed by atoms with van der Waals surface area (Å²) in [4.78, 5) is 26.9. The van der Waals surface area contributed by atoms with Crippen molar-refractivity contribution in [3.05, 3.63) is 293 Å². The molecule has 3 aliphatic carbocycles. The Morgan fingerprint density at radius 1 is 0.436 bits per heavy atom. The lowest BCUT2D eigenvalue weighted by atomic mass is 9.70. The third kappa shape index (κ3) is 7.07. The number of aryl methyl sites for hydroxylation is 1. The number of hydrogen-bond acceptors (Lipinski definition) is 4. The summed E-state index contributed by atoms with van der Waals surface area (Å²) >= 11 is 0. The van der Waals surface area contributed by atoms with E-state index in [4.69, 9.17) is 30.7 Å². The molecular formula is C72H48N6. The highest BCUT2D eigenvalue weighted by molar-refractivity contribution is 6.17. The van der Waals surface area contributed by atoms with Crippen LogP contribution in [0.25, 0.3) is 101 Å². The van der Waals surface area contributed by atoms with Gasteiger partial charge in [0.15, 0.2) is 23.3 Å². The molecular weight excluding hydrogens is 949 g/mol. The average molecular weight is 997 g/mol. The van der Waals surface area contributed by atoms with Gasteiger partial charge in [0, 0.05) is 33.4 Å². The van der Waals surface area contributed by atoms with Crippen molar-refractivity contribution in [1.82, 2.24) is 15.0 Å². The Kier molecular flexibility index (Phi) is 10.4. The van der Waals surface area contributed by atoms with Crippen molar-refractivity contribution >= 4 is 55.8 Å². The van der Waals surface area contributed by atoms with Crippen molar-refractivity contribution < 1.29 is 0 Å². The lowest BCUT2D eigenvalue weighted by molar-refractivity contribution is 0.793. The number of amidine groups is 2. The van der Waals surface area contributed by atoms with E-state index in [9.17, 15) is 0 Å². The molecule has 2 N–H and O–H groups in total. The maximum atomic E-state index is 7.18. The van der Waals surface area contributed by atoms with Gasteiger partial charge in [0.1, 0.15) is 5.84 Å². The van der Waals surface area contributed by atoms with E-state index in [2.05, 4.69) is 225 Å². The van der Waals surface area contributed by atoms with Gasteiger partial charge < -0.3 is 5.73 Å². The van der Waals surface area contributed by atoms with Crippen LogP contribution in [0.3, 0.4) is 0 Å². The molecule has 0 amide bonds. The van der Waals surface area contributed by atoms with Crippen LogP contribution in [-0.4, -0.2) is 26.6 Å². The number of rotatable bonds is 7. The van der Waals surface area contributed by atoms with Gasteiger partial charge in [0.25, 0.3) is 0 Å². The van der Waals surface area contributed by atoms with Crippen LogP contribution < -0.4 is 5.73 Å². The van der Waals surface area contributed by atoms with Gasteiger partial charge in [0.05, 0.1) is 11.1 Å². The Morgan fingerprint density at radius 2 is 0.949 bits per heavy atom. The van der Waals surface area contributed by atoms with Crippen LogP contribution in [0.1, 0.15) is 56.5 Å². The number of aliphatic imine (C=N–C) groups is 2. The lowest BCUT2D eigenvalue weighted by Gasteiger charge is -2.31. The highest BCUT2D eigenvalue weighted by atomic mass is 15.0. The molecule has 11 aromatic carbocycles. The monoisotopic (exact) mass is 996 g/mol. The van der Waals surface area contributed by atoms with Crippen molar-refractivity contribution in [3.8, 4) is 56.4 Å². The topological polar surface area (TPSA) is 89.4 Å². The molecule has 0 radical (unpaired) electrons. The van der Waals surface area contributed by atoms with Crippen molar-refractivity contribution in [2.75, 3.05) is 0 Å². The van der Waals surface area contributed by atoms with Gasteiger partial charge >= 0.3 is 0 Å². The number of benzene rings is 11. The molecule has 0 saturated heterocycles. The molecule has 6 nitrogen and oxygen atoms in total. The maximum Gasteiger partial charge on any atom is 0.164 e. The van der Waals surface area contributed by atoms with Crippen molar-refractivity contribution in [1.29, 1.82) is 0 Å². The van der Waals surface area contributed by atoms with E-state index in [1.54, 1.807) is 0 Å². The Labute approximate surface area is 452 Å². The van der Waals surface area contributed by atoms with Crippen LogP contribution in [0.2, 0.25) is 0 Å². The number of nitrogens with two attached hydrogens (primary N) is 1. The van der Waals surface area contributed by atoms with Crippen molar-refractivity contribution in [2.45, 2.75) is 18.3 Å². The summed E-state index contributed by atoms with van der Waals surface area (Å²) in [5, 5.41) is 6.48. The summed E-state index contributed by atoms with van der Waals surface area (Å²) in [5.74, 6) is 2.70. The molecule has 6 heteroatoms. The number of hydrogen-bond donors (Lipinski definition) is 1. The fourth-order valence-corrected chi connectivity index (χ4v) is 12.7. The van der Waals surface area contributed by atoms with Gasteiger partial charge in [-0.25, -0.2) is 24.9 Å². The lowest BCUT2D eigenvalue weighted by Crippen LogP contribution is -2.26. The molecule has 0 saturated carbocycles. The Hall–Kier alpha value is -10.2. The van der Waals surface area contributed by atoms with Crippen LogP contribution in [0.4, 0.5) is 0 Å². The molecule has 0 fully saturated rings. The van der Waals surface area contributed by atoms with Crippen molar-refractivity contribution in [3.63, 3.8) is 0 Å². The molecule has 12 aromatic rings.